The number of halogens is 1. The molecule has 1 aromatic carbocycles. The fourth-order valence-corrected chi connectivity index (χ4v) is 7.47. The minimum absolute atomic E-state index is 0.0473. The van der Waals surface area contributed by atoms with E-state index in [4.69, 9.17) is 20.5 Å². The van der Waals surface area contributed by atoms with E-state index in [0.29, 0.717) is 25.8 Å². The molecule has 8 nitrogen and oxygen atoms in total. The second-order valence-electron chi connectivity index (χ2n) is 10.2. The summed E-state index contributed by atoms with van der Waals surface area (Å²) < 4.78 is 34.4. The maximum Gasteiger partial charge on any atom is 0.410 e. The van der Waals surface area contributed by atoms with Gasteiger partial charge in [-0.2, -0.15) is 8.42 Å². The van der Waals surface area contributed by atoms with E-state index in [1.807, 2.05) is 35.2 Å². The van der Waals surface area contributed by atoms with Crippen LogP contribution in [-0.4, -0.2) is 55.6 Å². The van der Waals surface area contributed by atoms with Crippen molar-refractivity contribution in [1.29, 1.82) is 0 Å². The number of amides is 2. The molecule has 2 bridgehead atoms. The summed E-state index contributed by atoms with van der Waals surface area (Å²) in [7, 11) is -3.58. The molecule has 1 saturated heterocycles. The van der Waals surface area contributed by atoms with Gasteiger partial charge in [-0.15, -0.1) is 11.6 Å². The molecule has 1 unspecified atom stereocenters. The zero-order valence-electron chi connectivity index (χ0n) is 19.7. The second-order valence-corrected chi connectivity index (χ2v) is 12.4. The Morgan fingerprint density at radius 3 is 2.77 bits per heavy atom. The minimum Gasteiger partial charge on any atom is -0.445 e. The number of hydrogen-bond donors (Lipinski definition) is 1. The zero-order chi connectivity index (χ0) is 24.8. The molecule has 1 aromatic rings. The highest BCUT2D eigenvalue weighted by atomic mass is 35.5. The van der Waals surface area contributed by atoms with Gasteiger partial charge in [0, 0.05) is 12.2 Å². The Bertz CT molecular complexity index is 1140. The number of piperidine rings is 1. The standard InChI is InChI=1S/C25H31ClN2O6S/c1-35(31,32)34-15-17-10-18-11-22-20(12-21(26)23(29)27-22)25(13-17)19(18)8-5-9-28(25)24(30)33-14-16-6-3-2-4-7-16/h2-4,6-7,17-19,21H,5,8-15H2,1H3,(H,27,29)/t17-,18+,19-,21?,25-/m1/s1. The normalized spacial score (nSPS) is 32.4. The van der Waals surface area contributed by atoms with E-state index < -0.39 is 27.1 Å². The predicted molar refractivity (Wildman–Crippen MR) is 130 cm³/mol. The van der Waals surface area contributed by atoms with Crippen molar-refractivity contribution in [1.82, 2.24) is 10.2 Å². The summed E-state index contributed by atoms with van der Waals surface area (Å²) in [6.07, 6.45) is 4.90. The van der Waals surface area contributed by atoms with Crippen molar-refractivity contribution in [3.05, 3.63) is 47.2 Å². The lowest BCUT2D eigenvalue weighted by atomic mass is 9.52. The maximum absolute atomic E-state index is 13.6. The lowest BCUT2D eigenvalue weighted by Crippen LogP contribution is -2.68. The molecule has 0 spiro atoms. The van der Waals surface area contributed by atoms with Gasteiger partial charge in [-0.3, -0.25) is 13.9 Å². The zero-order valence-corrected chi connectivity index (χ0v) is 21.3. The molecule has 10 heteroatoms. The summed E-state index contributed by atoms with van der Waals surface area (Å²) in [6.45, 7) is 0.784. The maximum atomic E-state index is 13.6. The molecule has 2 amide bonds. The number of benzene rings is 1. The van der Waals surface area contributed by atoms with E-state index in [0.717, 1.165) is 42.4 Å². The summed E-state index contributed by atoms with van der Waals surface area (Å²) >= 11 is 6.43. The van der Waals surface area contributed by atoms with E-state index in [1.54, 1.807) is 0 Å². The number of allylic oxidation sites excluding steroid dienone is 1. The van der Waals surface area contributed by atoms with Crippen LogP contribution in [0.2, 0.25) is 0 Å². The first-order valence-corrected chi connectivity index (χ1v) is 14.4. The van der Waals surface area contributed by atoms with Gasteiger partial charge in [0.25, 0.3) is 10.1 Å². The number of ether oxygens (including phenoxy) is 1. The van der Waals surface area contributed by atoms with Gasteiger partial charge < -0.3 is 10.1 Å². The molecular formula is C25H31ClN2O6S. The molecule has 5 rings (SSSR count). The summed E-state index contributed by atoms with van der Waals surface area (Å²) in [5.41, 5.74) is 2.11. The second kappa shape index (κ2) is 9.41. The van der Waals surface area contributed by atoms with Crippen molar-refractivity contribution in [3.8, 4) is 0 Å². The first-order valence-electron chi connectivity index (χ1n) is 12.2. The van der Waals surface area contributed by atoms with Crippen molar-refractivity contribution in [3.63, 3.8) is 0 Å². The molecule has 5 atom stereocenters. The van der Waals surface area contributed by atoms with Gasteiger partial charge in [-0.1, -0.05) is 30.3 Å². The average Bonchev–Trinajstić information content (AvgIpc) is 2.82. The highest BCUT2D eigenvalue weighted by Gasteiger charge is 2.61. The van der Waals surface area contributed by atoms with Gasteiger partial charge in [-0.25, -0.2) is 4.79 Å². The molecule has 0 radical (unpaired) electrons. The predicted octanol–water partition coefficient (Wildman–Crippen LogP) is 3.56. The Hall–Kier alpha value is -2.10. The Labute approximate surface area is 211 Å². The number of hydrogen-bond acceptors (Lipinski definition) is 6. The summed E-state index contributed by atoms with van der Waals surface area (Å²) in [6, 6.07) is 9.54. The quantitative estimate of drug-likeness (QED) is 0.468. The van der Waals surface area contributed by atoms with Crippen molar-refractivity contribution in [2.75, 3.05) is 19.4 Å². The first kappa shape index (κ1) is 24.6. The Kier molecular flexibility index (Phi) is 6.61. The van der Waals surface area contributed by atoms with Gasteiger partial charge in [0.2, 0.25) is 5.91 Å². The Balaban J connectivity index is 1.50. The number of carbonyl (C=O) groups excluding carboxylic acids is 2. The Morgan fingerprint density at radius 1 is 1.26 bits per heavy atom. The minimum atomic E-state index is -3.58. The van der Waals surface area contributed by atoms with E-state index >= 15 is 0 Å². The number of alkyl halides is 1. The van der Waals surface area contributed by atoms with Crippen LogP contribution in [-0.2, 0) is 30.4 Å². The molecule has 4 aliphatic rings. The fraction of sp³-hybridized carbons (Fsp3) is 0.600. The molecular weight excluding hydrogens is 492 g/mol. The molecule has 35 heavy (non-hydrogen) atoms. The van der Waals surface area contributed by atoms with Crippen molar-refractivity contribution in [2.45, 2.75) is 56.0 Å². The van der Waals surface area contributed by atoms with Crippen LogP contribution in [0, 0.1) is 17.8 Å². The monoisotopic (exact) mass is 522 g/mol. The van der Waals surface area contributed by atoms with Crippen LogP contribution in [0.1, 0.15) is 44.1 Å². The number of carbonyl (C=O) groups is 2. The molecule has 2 fully saturated rings. The van der Waals surface area contributed by atoms with Crippen molar-refractivity contribution >= 4 is 33.7 Å². The van der Waals surface area contributed by atoms with Crippen LogP contribution in [0.5, 0.6) is 0 Å². The largest absolute Gasteiger partial charge is 0.445 e. The summed E-state index contributed by atoms with van der Waals surface area (Å²) in [5.74, 6) is 0.151. The van der Waals surface area contributed by atoms with Gasteiger partial charge in [0.15, 0.2) is 0 Å². The van der Waals surface area contributed by atoms with E-state index in [2.05, 4.69) is 5.32 Å². The lowest BCUT2D eigenvalue weighted by Gasteiger charge is -2.62. The van der Waals surface area contributed by atoms with Gasteiger partial charge >= 0.3 is 6.09 Å². The number of likely N-dealkylation sites (tertiary alicyclic amines) is 1. The molecule has 2 aliphatic carbocycles. The summed E-state index contributed by atoms with van der Waals surface area (Å²) in [5, 5.41) is 2.30. The summed E-state index contributed by atoms with van der Waals surface area (Å²) in [4.78, 5) is 27.9. The topological polar surface area (TPSA) is 102 Å². The third-order valence-electron chi connectivity index (χ3n) is 8.04. The Morgan fingerprint density at radius 2 is 2.03 bits per heavy atom. The number of rotatable bonds is 5. The van der Waals surface area contributed by atoms with Crippen LogP contribution in [0.15, 0.2) is 41.6 Å². The number of nitrogens with zero attached hydrogens (tertiary/aromatic N) is 1. The van der Waals surface area contributed by atoms with Crippen LogP contribution < -0.4 is 5.32 Å². The smallest absolute Gasteiger partial charge is 0.410 e. The van der Waals surface area contributed by atoms with E-state index in [9.17, 15) is 18.0 Å². The van der Waals surface area contributed by atoms with Gasteiger partial charge in [-0.05, 0) is 67.4 Å². The van der Waals surface area contributed by atoms with Crippen LogP contribution >= 0.6 is 11.6 Å². The number of nitrogens with one attached hydrogen (secondary N) is 1. The van der Waals surface area contributed by atoms with Crippen molar-refractivity contribution in [2.24, 2.45) is 17.8 Å². The first-order chi connectivity index (χ1) is 16.7. The fourth-order valence-electron chi connectivity index (χ4n) is 6.82. The van der Waals surface area contributed by atoms with Crippen LogP contribution in [0.4, 0.5) is 4.79 Å². The van der Waals surface area contributed by atoms with Crippen LogP contribution in [0.3, 0.4) is 0 Å². The van der Waals surface area contributed by atoms with E-state index in [-0.39, 0.29) is 36.9 Å². The molecule has 0 aromatic heterocycles. The molecule has 190 valence electrons. The SMILES string of the molecule is CS(=O)(=O)OC[C@@H]1C[C@H]2CC3=C(CC(Cl)C(=O)N3)[C@@]3(C1)[C@@H]2CCCN3C(=O)OCc1ccccc1. The third-order valence-corrected chi connectivity index (χ3v) is 8.95. The van der Waals surface area contributed by atoms with Gasteiger partial charge in [0.1, 0.15) is 12.0 Å². The highest BCUT2D eigenvalue weighted by molar-refractivity contribution is 7.85. The molecule has 2 aliphatic heterocycles. The van der Waals surface area contributed by atoms with Crippen LogP contribution in [0.25, 0.3) is 0 Å². The molecule has 2 heterocycles. The average molecular weight is 523 g/mol. The lowest BCUT2D eigenvalue weighted by molar-refractivity contribution is -0.121. The van der Waals surface area contributed by atoms with E-state index in [1.165, 1.54) is 0 Å². The van der Waals surface area contributed by atoms with Gasteiger partial charge in [0.05, 0.1) is 18.4 Å². The third kappa shape index (κ3) is 4.70. The molecule has 1 N–H and O–H groups in total. The molecule has 1 saturated carbocycles. The van der Waals surface area contributed by atoms with Crippen molar-refractivity contribution < 1.29 is 26.9 Å². The highest BCUT2D eigenvalue weighted by Crippen LogP contribution is 2.59.